The van der Waals surface area contributed by atoms with Crippen molar-refractivity contribution in [1.82, 2.24) is 10.2 Å². The Labute approximate surface area is 193 Å². The Morgan fingerprint density at radius 3 is 2.45 bits per heavy atom. The lowest BCUT2D eigenvalue weighted by Gasteiger charge is -2.36. The molecule has 1 atom stereocenters. The van der Waals surface area contributed by atoms with E-state index >= 15 is 0 Å². The maximum Gasteiger partial charge on any atom is 0.289 e. The van der Waals surface area contributed by atoms with Crippen molar-refractivity contribution in [3.8, 4) is 22.8 Å². The summed E-state index contributed by atoms with van der Waals surface area (Å²) in [6.45, 7) is 2.19. The fraction of sp³-hybridized carbons (Fsp3) is 0.179. The van der Waals surface area contributed by atoms with Gasteiger partial charge in [0, 0.05) is 25.7 Å². The number of hydrogen-bond donors (Lipinski definition) is 1. The van der Waals surface area contributed by atoms with Gasteiger partial charge in [0.25, 0.3) is 5.91 Å². The molecule has 0 radical (unpaired) electrons. The van der Waals surface area contributed by atoms with Gasteiger partial charge in [-0.3, -0.25) is 4.79 Å². The Hall–Kier alpha value is -3.83. The van der Waals surface area contributed by atoms with Crippen molar-refractivity contribution in [2.75, 3.05) is 19.6 Å². The molecule has 5 rings (SSSR count). The van der Waals surface area contributed by atoms with Crippen molar-refractivity contribution < 1.29 is 13.9 Å². The first-order chi connectivity index (χ1) is 16.3. The molecule has 166 valence electrons. The number of para-hydroxylation sites is 2. The minimum Gasteiger partial charge on any atom is -0.457 e. The first-order valence-electron chi connectivity index (χ1n) is 11.3. The van der Waals surface area contributed by atoms with Crippen molar-refractivity contribution in [2.24, 2.45) is 0 Å². The summed E-state index contributed by atoms with van der Waals surface area (Å²) in [5.41, 5.74) is 2.03. The molecule has 1 aliphatic rings. The van der Waals surface area contributed by atoms with Crippen LogP contribution in [0, 0.1) is 0 Å². The molecule has 0 bridgehead atoms. The maximum atomic E-state index is 13.4. The Morgan fingerprint density at radius 2 is 1.64 bits per heavy atom. The predicted octanol–water partition coefficient (Wildman–Crippen LogP) is 5.40. The molecular weight excluding hydrogens is 412 g/mol. The van der Waals surface area contributed by atoms with E-state index in [4.69, 9.17) is 9.15 Å². The van der Waals surface area contributed by atoms with Gasteiger partial charge in [0.05, 0.1) is 5.56 Å². The zero-order valence-electron chi connectivity index (χ0n) is 18.3. The van der Waals surface area contributed by atoms with Crippen LogP contribution in [0.2, 0.25) is 0 Å². The first kappa shape index (κ1) is 21.0. The normalized spacial score (nSPS) is 15.9. The molecule has 3 aromatic carbocycles. The van der Waals surface area contributed by atoms with Gasteiger partial charge in [0.2, 0.25) is 0 Å². The van der Waals surface area contributed by atoms with E-state index in [0.717, 1.165) is 30.8 Å². The zero-order chi connectivity index (χ0) is 22.5. The Kier molecular flexibility index (Phi) is 6.22. The van der Waals surface area contributed by atoms with E-state index in [1.165, 1.54) is 5.56 Å². The number of hydrogen-bond acceptors (Lipinski definition) is 4. The fourth-order valence-electron chi connectivity index (χ4n) is 4.21. The number of ether oxygens (including phenoxy) is 1. The molecule has 1 amide bonds. The molecule has 4 aromatic rings. The fourth-order valence-corrected chi connectivity index (χ4v) is 4.21. The second kappa shape index (κ2) is 9.76. The molecule has 0 aliphatic carbocycles. The number of amides is 1. The van der Waals surface area contributed by atoms with E-state index in [2.05, 4.69) is 17.4 Å². The van der Waals surface area contributed by atoms with Crippen molar-refractivity contribution >= 4 is 5.91 Å². The van der Waals surface area contributed by atoms with Gasteiger partial charge in [-0.05, 0) is 48.4 Å². The summed E-state index contributed by atoms with van der Waals surface area (Å²) in [7, 11) is 0. The van der Waals surface area contributed by atoms with Gasteiger partial charge < -0.3 is 19.4 Å². The lowest BCUT2D eigenvalue weighted by atomic mass is 10.0. The third kappa shape index (κ3) is 4.83. The van der Waals surface area contributed by atoms with Crippen LogP contribution in [-0.2, 0) is 6.42 Å². The second-order valence-corrected chi connectivity index (χ2v) is 8.12. The molecule has 5 nitrogen and oxygen atoms in total. The molecule has 0 spiro atoms. The van der Waals surface area contributed by atoms with Crippen LogP contribution in [0.15, 0.2) is 101 Å². The van der Waals surface area contributed by atoms with Crippen LogP contribution in [0.25, 0.3) is 11.3 Å². The van der Waals surface area contributed by atoms with Crippen molar-refractivity contribution in [3.05, 3.63) is 108 Å². The SMILES string of the molecule is O=C(c1ccc(-c2ccccc2Oc2ccccc2)o1)N1CCNCC1Cc1ccccc1. The van der Waals surface area contributed by atoms with Gasteiger partial charge >= 0.3 is 0 Å². The molecule has 1 aromatic heterocycles. The Balaban J connectivity index is 1.37. The number of piperazine rings is 1. The van der Waals surface area contributed by atoms with Gasteiger partial charge in [0.15, 0.2) is 5.76 Å². The Bertz CT molecular complexity index is 1200. The Morgan fingerprint density at radius 1 is 0.909 bits per heavy atom. The van der Waals surface area contributed by atoms with E-state index in [1.807, 2.05) is 83.8 Å². The minimum absolute atomic E-state index is 0.0786. The molecule has 1 saturated heterocycles. The predicted molar refractivity (Wildman–Crippen MR) is 129 cm³/mol. The topological polar surface area (TPSA) is 54.7 Å². The number of benzene rings is 3. The molecule has 1 fully saturated rings. The maximum absolute atomic E-state index is 13.4. The van der Waals surface area contributed by atoms with E-state index in [1.54, 1.807) is 6.07 Å². The molecule has 1 aliphatic heterocycles. The molecular formula is C28H26N2O3. The van der Waals surface area contributed by atoms with E-state index < -0.39 is 0 Å². The second-order valence-electron chi connectivity index (χ2n) is 8.12. The summed E-state index contributed by atoms with van der Waals surface area (Å²) in [5, 5.41) is 3.41. The highest BCUT2D eigenvalue weighted by Crippen LogP contribution is 2.34. The largest absolute Gasteiger partial charge is 0.457 e. The van der Waals surface area contributed by atoms with Crippen LogP contribution in [0.1, 0.15) is 16.1 Å². The third-order valence-corrected chi connectivity index (χ3v) is 5.87. The van der Waals surface area contributed by atoms with Crippen LogP contribution in [0.5, 0.6) is 11.5 Å². The molecule has 2 heterocycles. The van der Waals surface area contributed by atoms with Gasteiger partial charge in [-0.2, -0.15) is 0 Å². The average molecular weight is 439 g/mol. The first-order valence-corrected chi connectivity index (χ1v) is 11.3. The monoisotopic (exact) mass is 438 g/mol. The number of nitrogens with one attached hydrogen (secondary N) is 1. The number of furan rings is 1. The summed E-state index contributed by atoms with van der Waals surface area (Å²) in [5.74, 6) is 2.31. The summed E-state index contributed by atoms with van der Waals surface area (Å²) < 4.78 is 12.1. The van der Waals surface area contributed by atoms with Gasteiger partial charge in [0.1, 0.15) is 17.3 Å². The number of carbonyl (C=O) groups is 1. The van der Waals surface area contributed by atoms with E-state index in [9.17, 15) is 4.79 Å². The van der Waals surface area contributed by atoms with Crippen LogP contribution in [0.3, 0.4) is 0 Å². The number of carbonyl (C=O) groups excluding carboxylic acids is 1. The summed E-state index contributed by atoms with van der Waals surface area (Å²) in [4.78, 5) is 15.3. The van der Waals surface area contributed by atoms with Gasteiger partial charge in [-0.25, -0.2) is 0 Å². The van der Waals surface area contributed by atoms with Crippen LogP contribution >= 0.6 is 0 Å². The highest BCUT2D eigenvalue weighted by Gasteiger charge is 2.29. The van der Waals surface area contributed by atoms with E-state index in [0.29, 0.717) is 23.8 Å². The standard InChI is InChI=1S/C28H26N2O3/c31-28(30-18-17-29-20-22(30)19-21-9-3-1-4-10-21)27-16-15-26(33-27)24-13-7-8-14-25(24)32-23-11-5-2-6-12-23/h1-16,22,29H,17-20H2. The smallest absolute Gasteiger partial charge is 0.289 e. The van der Waals surface area contributed by atoms with Crippen LogP contribution in [0.4, 0.5) is 0 Å². The summed E-state index contributed by atoms with van der Waals surface area (Å²) in [6.07, 6.45) is 0.806. The summed E-state index contributed by atoms with van der Waals surface area (Å²) in [6, 6.07) is 31.3. The molecule has 1 unspecified atom stereocenters. The third-order valence-electron chi connectivity index (χ3n) is 5.87. The van der Waals surface area contributed by atoms with Crippen molar-refractivity contribution in [1.29, 1.82) is 0 Å². The lowest BCUT2D eigenvalue weighted by molar-refractivity contribution is 0.0604. The highest BCUT2D eigenvalue weighted by molar-refractivity contribution is 5.92. The average Bonchev–Trinajstić information content (AvgIpc) is 3.36. The highest BCUT2D eigenvalue weighted by atomic mass is 16.5. The van der Waals surface area contributed by atoms with Gasteiger partial charge in [-0.1, -0.05) is 60.7 Å². The van der Waals surface area contributed by atoms with Gasteiger partial charge in [-0.15, -0.1) is 0 Å². The van der Waals surface area contributed by atoms with Crippen LogP contribution < -0.4 is 10.1 Å². The minimum atomic E-state index is -0.0786. The van der Waals surface area contributed by atoms with E-state index in [-0.39, 0.29) is 11.9 Å². The molecule has 33 heavy (non-hydrogen) atoms. The molecule has 0 saturated carbocycles. The summed E-state index contributed by atoms with van der Waals surface area (Å²) >= 11 is 0. The van der Waals surface area contributed by atoms with Crippen molar-refractivity contribution in [2.45, 2.75) is 12.5 Å². The number of rotatable bonds is 6. The zero-order valence-corrected chi connectivity index (χ0v) is 18.3. The lowest BCUT2D eigenvalue weighted by Crippen LogP contribution is -2.54. The molecule has 1 N–H and O–H groups in total. The molecule has 5 heteroatoms. The van der Waals surface area contributed by atoms with Crippen molar-refractivity contribution in [3.63, 3.8) is 0 Å². The quantitative estimate of drug-likeness (QED) is 0.438. The number of nitrogens with zero attached hydrogens (tertiary/aromatic N) is 1. The van der Waals surface area contributed by atoms with Crippen LogP contribution in [-0.4, -0.2) is 36.5 Å².